The van der Waals surface area contributed by atoms with Crippen molar-refractivity contribution in [2.24, 2.45) is 0 Å². The van der Waals surface area contributed by atoms with Gasteiger partial charge in [0.25, 0.3) is 0 Å². The first-order valence-corrected chi connectivity index (χ1v) is 14.2. The predicted molar refractivity (Wildman–Crippen MR) is 154 cm³/mol. The number of hydrogen-bond acceptors (Lipinski definition) is 4. The van der Waals surface area contributed by atoms with Gasteiger partial charge in [-0.2, -0.15) is 5.10 Å². The summed E-state index contributed by atoms with van der Waals surface area (Å²) >= 11 is 26.8. The van der Waals surface area contributed by atoms with E-state index in [0.29, 0.717) is 15.1 Å². The molecular weight excluding hydrogens is 566 g/mol. The fourth-order valence-corrected chi connectivity index (χ4v) is 6.59. The summed E-state index contributed by atoms with van der Waals surface area (Å²) < 4.78 is 1.88. The molecule has 1 aliphatic carbocycles. The highest BCUT2D eigenvalue weighted by molar-refractivity contribution is 7.14. The molecule has 4 nitrogen and oxygen atoms in total. The van der Waals surface area contributed by atoms with Crippen molar-refractivity contribution in [3.63, 3.8) is 0 Å². The summed E-state index contributed by atoms with van der Waals surface area (Å²) in [6, 6.07) is 21.2. The summed E-state index contributed by atoms with van der Waals surface area (Å²) in [6.07, 6.45) is 2.82. The molecule has 1 aliphatic rings. The predicted octanol–water partition coefficient (Wildman–Crippen LogP) is 9.31. The smallest absolute Gasteiger partial charge is 0.168 e. The van der Waals surface area contributed by atoms with Crippen molar-refractivity contribution in [2.75, 3.05) is 0 Å². The number of halogens is 4. The Morgan fingerprint density at radius 1 is 0.838 bits per heavy atom. The molecule has 1 saturated carbocycles. The van der Waals surface area contributed by atoms with Crippen LogP contribution in [0.5, 0.6) is 0 Å². The maximum Gasteiger partial charge on any atom is 0.168 e. The van der Waals surface area contributed by atoms with E-state index in [1.54, 1.807) is 17.4 Å². The van der Waals surface area contributed by atoms with Crippen LogP contribution in [0.1, 0.15) is 35.9 Å². The maximum absolute atomic E-state index is 6.65. The molecule has 37 heavy (non-hydrogen) atoms. The van der Waals surface area contributed by atoms with Crippen molar-refractivity contribution >= 4 is 57.7 Å². The molecule has 0 bridgehead atoms. The minimum atomic E-state index is -0.103. The molecule has 6 rings (SSSR count). The molecule has 0 aliphatic heterocycles. The molecule has 0 spiro atoms. The van der Waals surface area contributed by atoms with Crippen LogP contribution in [0.4, 0.5) is 0 Å². The Balaban J connectivity index is 1.51. The zero-order valence-corrected chi connectivity index (χ0v) is 23.5. The lowest BCUT2D eigenvalue weighted by molar-refractivity contribution is 0.806. The molecule has 2 heterocycles. The normalized spacial score (nSPS) is 14.2. The second-order valence-corrected chi connectivity index (χ2v) is 11.7. The van der Waals surface area contributed by atoms with E-state index in [4.69, 9.17) is 51.5 Å². The van der Waals surface area contributed by atoms with E-state index in [1.807, 2.05) is 53.2 Å². The Hall–Kier alpha value is -2.41. The fourth-order valence-electron chi connectivity index (χ4n) is 4.72. The highest BCUT2D eigenvalue weighted by Gasteiger charge is 2.49. The highest BCUT2D eigenvalue weighted by Crippen LogP contribution is 2.55. The zero-order valence-electron chi connectivity index (χ0n) is 19.7. The monoisotopic (exact) mass is 584 g/mol. The highest BCUT2D eigenvalue weighted by atomic mass is 35.5. The van der Waals surface area contributed by atoms with Gasteiger partial charge in [-0.25, -0.2) is 4.68 Å². The molecule has 0 atom stereocenters. The van der Waals surface area contributed by atoms with Crippen LogP contribution in [0.2, 0.25) is 20.1 Å². The van der Waals surface area contributed by atoms with Crippen LogP contribution in [0.15, 0.2) is 66.7 Å². The van der Waals surface area contributed by atoms with Crippen molar-refractivity contribution < 1.29 is 0 Å². The number of nitrogens with zero attached hydrogens (tertiary/aromatic N) is 4. The van der Waals surface area contributed by atoms with Gasteiger partial charge in [0.15, 0.2) is 5.01 Å². The lowest BCUT2D eigenvalue weighted by Crippen LogP contribution is -2.07. The second-order valence-electron chi connectivity index (χ2n) is 9.05. The van der Waals surface area contributed by atoms with E-state index < -0.39 is 0 Å². The largest absolute Gasteiger partial charge is 0.231 e. The van der Waals surface area contributed by atoms with Gasteiger partial charge in [-0.15, -0.1) is 10.2 Å². The van der Waals surface area contributed by atoms with Gasteiger partial charge < -0.3 is 0 Å². The summed E-state index contributed by atoms with van der Waals surface area (Å²) in [4.78, 5) is 0. The van der Waals surface area contributed by atoms with Gasteiger partial charge in [0.2, 0.25) is 0 Å². The minimum Gasteiger partial charge on any atom is -0.231 e. The van der Waals surface area contributed by atoms with Crippen LogP contribution in [-0.4, -0.2) is 20.0 Å². The first-order chi connectivity index (χ1) is 17.9. The standard InChI is InChI=1S/C28H20Cl4N4S/c1-2-21-24(26-33-34-27(37-26)28(13-14-28)17-5-9-19(30)10-6-17)35-36(23-12-11-20(31)15-22(23)32)25(21)16-3-7-18(29)8-4-16/h3-12,15H,2,13-14H2,1H3. The first-order valence-electron chi connectivity index (χ1n) is 11.8. The van der Waals surface area contributed by atoms with Gasteiger partial charge >= 0.3 is 0 Å². The first kappa shape index (κ1) is 24.9. The number of benzene rings is 3. The van der Waals surface area contributed by atoms with E-state index in [-0.39, 0.29) is 5.41 Å². The molecule has 9 heteroatoms. The SMILES string of the molecule is CCc1c(-c2nnc(C3(c4ccc(Cl)cc4)CC3)s2)nn(-c2ccc(Cl)cc2Cl)c1-c1ccc(Cl)cc1. The quantitative estimate of drug-likeness (QED) is 0.199. The molecule has 0 saturated heterocycles. The molecule has 0 radical (unpaired) electrons. The van der Waals surface area contributed by atoms with E-state index in [2.05, 4.69) is 29.3 Å². The van der Waals surface area contributed by atoms with Gasteiger partial charge in [0.05, 0.1) is 16.4 Å². The minimum absolute atomic E-state index is 0.103. The number of rotatable bonds is 6. The van der Waals surface area contributed by atoms with E-state index >= 15 is 0 Å². The molecule has 2 aromatic heterocycles. The van der Waals surface area contributed by atoms with Crippen LogP contribution in [0.3, 0.4) is 0 Å². The fraction of sp³-hybridized carbons (Fsp3) is 0.179. The Morgan fingerprint density at radius 3 is 2.11 bits per heavy atom. The van der Waals surface area contributed by atoms with Crippen molar-refractivity contribution in [3.8, 4) is 27.6 Å². The topological polar surface area (TPSA) is 43.6 Å². The van der Waals surface area contributed by atoms with Gasteiger partial charge in [-0.05, 0) is 67.3 Å². The Bertz CT molecular complexity index is 1600. The van der Waals surface area contributed by atoms with Crippen LogP contribution in [0.25, 0.3) is 27.6 Å². The Labute approximate surface area is 238 Å². The molecule has 5 aromatic rings. The molecule has 0 N–H and O–H groups in total. The van der Waals surface area contributed by atoms with Gasteiger partial charge in [0, 0.05) is 31.6 Å². The van der Waals surface area contributed by atoms with Crippen molar-refractivity contribution in [1.82, 2.24) is 20.0 Å². The van der Waals surface area contributed by atoms with Gasteiger partial charge in [0.1, 0.15) is 10.7 Å². The summed E-state index contributed by atoms with van der Waals surface area (Å²) in [5.41, 5.74) is 5.64. The van der Waals surface area contributed by atoms with Crippen molar-refractivity contribution in [1.29, 1.82) is 0 Å². The van der Waals surface area contributed by atoms with Crippen LogP contribution >= 0.6 is 57.7 Å². The average molecular weight is 586 g/mol. The van der Waals surface area contributed by atoms with Crippen molar-refractivity contribution in [3.05, 3.63) is 103 Å². The van der Waals surface area contributed by atoms with E-state index in [1.165, 1.54) is 5.56 Å². The summed E-state index contributed by atoms with van der Waals surface area (Å²) in [7, 11) is 0. The summed E-state index contributed by atoms with van der Waals surface area (Å²) in [5.74, 6) is 0. The average Bonchev–Trinajstić information content (AvgIpc) is 3.38. The lowest BCUT2D eigenvalue weighted by Gasteiger charge is -2.11. The second kappa shape index (κ2) is 9.72. The van der Waals surface area contributed by atoms with Gasteiger partial charge in [-0.1, -0.05) is 88.9 Å². The lowest BCUT2D eigenvalue weighted by atomic mass is 9.97. The van der Waals surface area contributed by atoms with Crippen LogP contribution < -0.4 is 0 Å². The maximum atomic E-state index is 6.65. The molecule has 1 fully saturated rings. The third kappa shape index (κ3) is 4.47. The van der Waals surface area contributed by atoms with Crippen LogP contribution in [-0.2, 0) is 11.8 Å². The molecule has 3 aromatic carbocycles. The molecule has 186 valence electrons. The zero-order chi connectivity index (χ0) is 25.7. The Morgan fingerprint density at radius 2 is 1.49 bits per heavy atom. The number of aromatic nitrogens is 4. The third-order valence-electron chi connectivity index (χ3n) is 6.78. The third-order valence-corrected chi connectivity index (χ3v) is 8.95. The summed E-state index contributed by atoms with van der Waals surface area (Å²) in [5, 5.41) is 18.6. The van der Waals surface area contributed by atoms with Crippen molar-refractivity contribution in [2.45, 2.75) is 31.6 Å². The molecular formula is C28H20Cl4N4S. The molecule has 0 unspecified atom stereocenters. The summed E-state index contributed by atoms with van der Waals surface area (Å²) in [6.45, 7) is 2.12. The van der Waals surface area contributed by atoms with E-state index in [9.17, 15) is 0 Å². The van der Waals surface area contributed by atoms with E-state index in [0.717, 1.165) is 62.5 Å². The van der Waals surface area contributed by atoms with Crippen LogP contribution in [0, 0.1) is 0 Å². The number of hydrogen-bond donors (Lipinski definition) is 0. The molecule has 0 amide bonds. The van der Waals surface area contributed by atoms with Gasteiger partial charge in [-0.3, -0.25) is 0 Å². The Kier molecular flexibility index (Phi) is 6.54.